The first-order chi connectivity index (χ1) is 8.22. The maximum Gasteiger partial charge on any atom is 0.303 e. The number of hydrogen-bond acceptors (Lipinski definition) is 2. The number of carbonyl (C=O) groups excluding carboxylic acids is 1. The molecule has 17 heavy (non-hydrogen) atoms. The van der Waals surface area contributed by atoms with Crippen LogP contribution in [-0.4, -0.2) is 12.1 Å². The van der Waals surface area contributed by atoms with Gasteiger partial charge in [0.2, 0.25) is 0 Å². The molecule has 0 saturated carbocycles. The number of rotatable bonds is 4. The molecule has 0 N–H and O–H groups in total. The quantitative estimate of drug-likeness (QED) is 0.450. The summed E-state index contributed by atoms with van der Waals surface area (Å²) >= 11 is 0. The van der Waals surface area contributed by atoms with E-state index in [2.05, 4.69) is 18.4 Å². The first-order valence-electron chi connectivity index (χ1n) is 5.57. The highest BCUT2D eigenvalue weighted by Gasteiger charge is 2.06. The van der Waals surface area contributed by atoms with E-state index in [1.54, 1.807) is 6.08 Å². The van der Waals surface area contributed by atoms with Gasteiger partial charge in [-0.15, -0.1) is 6.58 Å². The van der Waals surface area contributed by atoms with Crippen LogP contribution in [0.5, 0.6) is 0 Å². The molecule has 1 atom stereocenters. The molecule has 88 valence electrons. The third-order valence-corrected chi connectivity index (χ3v) is 2.09. The molecule has 0 aliphatic rings. The molecular formula is C15H16O2. The molecule has 1 unspecified atom stereocenters. The third-order valence-electron chi connectivity index (χ3n) is 2.09. The average molecular weight is 228 g/mol. The first-order valence-corrected chi connectivity index (χ1v) is 5.57. The molecule has 0 aromatic heterocycles. The normalized spacial score (nSPS) is 10.9. The molecule has 1 aromatic rings. The zero-order chi connectivity index (χ0) is 12.5. The Morgan fingerprint density at radius 3 is 2.76 bits per heavy atom. The van der Waals surface area contributed by atoms with Gasteiger partial charge in [-0.05, 0) is 25.0 Å². The van der Waals surface area contributed by atoms with Gasteiger partial charge in [-0.1, -0.05) is 36.1 Å². The van der Waals surface area contributed by atoms with Crippen molar-refractivity contribution in [2.45, 2.75) is 25.9 Å². The van der Waals surface area contributed by atoms with Crippen molar-refractivity contribution < 1.29 is 9.53 Å². The van der Waals surface area contributed by atoms with Crippen LogP contribution >= 0.6 is 0 Å². The lowest BCUT2D eigenvalue weighted by Crippen LogP contribution is -2.13. The maximum atomic E-state index is 10.9. The van der Waals surface area contributed by atoms with Crippen LogP contribution in [0.3, 0.4) is 0 Å². The van der Waals surface area contributed by atoms with Crippen molar-refractivity contribution in [3.63, 3.8) is 0 Å². The molecule has 0 aliphatic heterocycles. The highest BCUT2D eigenvalue weighted by Crippen LogP contribution is 2.03. The maximum absolute atomic E-state index is 10.9. The van der Waals surface area contributed by atoms with Crippen LogP contribution < -0.4 is 0 Å². The smallest absolute Gasteiger partial charge is 0.303 e. The number of carbonyl (C=O) groups is 1. The van der Waals surface area contributed by atoms with Gasteiger partial charge < -0.3 is 4.74 Å². The molecule has 1 aromatic carbocycles. The van der Waals surface area contributed by atoms with Gasteiger partial charge in [0.1, 0.15) is 0 Å². The molecule has 0 fully saturated rings. The Hall–Kier alpha value is -2.01. The number of benzene rings is 1. The Balaban J connectivity index is 2.68. The summed E-state index contributed by atoms with van der Waals surface area (Å²) in [5.41, 5.74) is 0.920. The van der Waals surface area contributed by atoms with Gasteiger partial charge in [0.25, 0.3) is 0 Å². The third kappa shape index (κ3) is 5.58. The molecule has 2 heteroatoms. The van der Waals surface area contributed by atoms with Gasteiger partial charge in [-0.3, -0.25) is 4.79 Å². The summed E-state index contributed by atoms with van der Waals surface area (Å²) in [5, 5.41) is 0. The number of esters is 1. The van der Waals surface area contributed by atoms with E-state index in [9.17, 15) is 4.79 Å². The number of ether oxygens (including phenoxy) is 1. The highest BCUT2D eigenvalue weighted by molar-refractivity contribution is 5.66. The molecule has 0 aliphatic carbocycles. The SMILES string of the molecule is C=CCCC(C#Cc1ccccc1)OC(C)=O. The minimum atomic E-state index is -0.356. The minimum Gasteiger partial charge on any atom is -0.449 e. The predicted octanol–water partition coefficient (Wildman–Crippen LogP) is 2.94. The summed E-state index contributed by atoms with van der Waals surface area (Å²) in [7, 11) is 0. The standard InChI is InChI=1S/C15H16O2/c1-3-4-10-15(17-13(2)16)12-11-14-8-6-5-7-9-14/h3,5-9,15H,1,4,10H2,2H3. The van der Waals surface area contributed by atoms with Crippen molar-refractivity contribution in [3.05, 3.63) is 48.6 Å². The van der Waals surface area contributed by atoms with Crippen molar-refractivity contribution in [2.24, 2.45) is 0 Å². The van der Waals surface area contributed by atoms with Crippen LogP contribution in [0.1, 0.15) is 25.3 Å². The van der Waals surface area contributed by atoms with Crippen molar-refractivity contribution in [3.8, 4) is 11.8 Å². The number of hydrogen-bond donors (Lipinski definition) is 0. The van der Waals surface area contributed by atoms with Gasteiger partial charge in [0, 0.05) is 12.5 Å². The monoisotopic (exact) mass is 228 g/mol. The minimum absolute atomic E-state index is 0.304. The van der Waals surface area contributed by atoms with E-state index in [-0.39, 0.29) is 12.1 Å². The topological polar surface area (TPSA) is 26.3 Å². The number of allylic oxidation sites excluding steroid dienone is 1. The second kappa shape index (κ2) is 7.29. The Morgan fingerprint density at radius 2 is 2.18 bits per heavy atom. The molecular weight excluding hydrogens is 212 g/mol. The largest absolute Gasteiger partial charge is 0.449 e. The second-order valence-electron chi connectivity index (χ2n) is 3.60. The Morgan fingerprint density at radius 1 is 1.47 bits per heavy atom. The van der Waals surface area contributed by atoms with Gasteiger partial charge in [-0.2, -0.15) is 0 Å². The van der Waals surface area contributed by atoms with Crippen LogP contribution in [0.25, 0.3) is 0 Å². The van der Waals surface area contributed by atoms with Gasteiger partial charge in [-0.25, -0.2) is 0 Å². The Bertz CT molecular complexity index is 423. The van der Waals surface area contributed by atoms with Crippen molar-refractivity contribution in [2.75, 3.05) is 0 Å². The highest BCUT2D eigenvalue weighted by atomic mass is 16.5. The molecule has 0 bridgehead atoms. The lowest BCUT2D eigenvalue weighted by atomic mass is 10.1. The second-order valence-corrected chi connectivity index (χ2v) is 3.60. The molecule has 0 saturated heterocycles. The van der Waals surface area contributed by atoms with Crippen LogP contribution in [-0.2, 0) is 9.53 Å². The fraction of sp³-hybridized carbons (Fsp3) is 0.267. The predicted molar refractivity (Wildman–Crippen MR) is 68.3 cm³/mol. The van der Waals surface area contributed by atoms with Crippen LogP contribution in [0, 0.1) is 11.8 Å². The molecule has 0 amide bonds. The summed E-state index contributed by atoms with van der Waals surface area (Å²) in [6.45, 7) is 5.04. The summed E-state index contributed by atoms with van der Waals surface area (Å²) in [6, 6.07) is 9.63. The van der Waals surface area contributed by atoms with E-state index in [1.807, 2.05) is 30.3 Å². The van der Waals surface area contributed by atoms with Crippen molar-refractivity contribution in [1.29, 1.82) is 0 Å². The van der Waals surface area contributed by atoms with Gasteiger partial charge in [0.05, 0.1) is 0 Å². The molecule has 1 rings (SSSR count). The average Bonchev–Trinajstić information content (AvgIpc) is 2.33. The molecule has 0 radical (unpaired) electrons. The summed E-state index contributed by atoms with van der Waals surface area (Å²) in [4.78, 5) is 10.9. The van der Waals surface area contributed by atoms with Crippen LogP contribution in [0.15, 0.2) is 43.0 Å². The van der Waals surface area contributed by atoms with E-state index in [0.717, 1.165) is 12.0 Å². The van der Waals surface area contributed by atoms with E-state index in [0.29, 0.717) is 6.42 Å². The van der Waals surface area contributed by atoms with Crippen LogP contribution in [0.2, 0.25) is 0 Å². The fourth-order valence-corrected chi connectivity index (χ4v) is 1.32. The fourth-order valence-electron chi connectivity index (χ4n) is 1.32. The summed E-state index contributed by atoms with van der Waals surface area (Å²) in [6.07, 6.45) is 2.90. The van der Waals surface area contributed by atoms with Crippen LogP contribution in [0.4, 0.5) is 0 Å². The van der Waals surface area contributed by atoms with Crippen molar-refractivity contribution >= 4 is 5.97 Å². The Kier molecular flexibility index (Phi) is 5.60. The zero-order valence-corrected chi connectivity index (χ0v) is 9.98. The lowest BCUT2D eigenvalue weighted by molar-refractivity contribution is -0.143. The van der Waals surface area contributed by atoms with Gasteiger partial charge >= 0.3 is 5.97 Å². The first kappa shape index (κ1) is 13.1. The van der Waals surface area contributed by atoms with E-state index in [4.69, 9.17) is 4.74 Å². The zero-order valence-electron chi connectivity index (χ0n) is 9.98. The lowest BCUT2D eigenvalue weighted by Gasteiger charge is -2.08. The van der Waals surface area contributed by atoms with Gasteiger partial charge in [0.15, 0.2) is 6.10 Å². The van der Waals surface area contributed by atoms with E-state index in [1.165, 1.54) is 6.92 Å². The van der Waals surface area contributed by atoms with E-state index >= 15 is 0 Å². The summed E-state index contributed by atoms with van der Waals surface area (Å²) < 4.78 is 5.11. The molecule has 2 nitrogen and oxygen atoms in total. The Labute approximate surface area is 102 Å². The van der Waals surface area contributed by atoms with E-state index < -0.39 is 0 Å². The molecule has 0 heterocycles. The molecule has 0 spiro atoms. The van der Waals surface area contributed by atoms with Crippen molar-refractivity contribution in [1.82, 2.24) is 0 Å². The summed E-state index contributed by atoms with van der Waals surface area (Å²) in [5.74, 6) is 5.65.